The fourth-order valence-electron chi connectivity index (χ4n) is 0.829. The Morgan fingerprint density at radius 1 is 1.54 bits per heavy atom. The van der Waals surface area contributed by atoms with Crippen LogP contribution in [0.3, 0.4) is 0 Å². The molecule has 2 nitrogen and oxygen atoms in total. The van der Waals surface area contributed by atoms with Crippen molar-refractivity contribution in [3.8, 4) is 0 Å². The van der Waals surface area contributed by atoms with Crippen molar-refractivity contribution >= 4 is 17.4 Å². The fourth-order valence-corrected chi connectivity index (χ4v) is 1.67. The zero-order chi connectivity index (χ0) is 9.68. The van der Waals surface area contributed by atoms with Crippen LogP contribution in [0.15, 0.2) is 41.5 Å². The van der Waals surface area contributed by atoms with E-state index in [-0.39, 0.29) is 0 Å². The van der Waals surface area contributed by atoms with Crippen molar-refractivity contribution in [2.45, 2.75) is 4.90 Å². The summed E-state index contributed by atoms with van der Waals surface area (Å²) >= 11 is 1.63. The summed E-state index contributed by atoms with van der Waals surface area (Å²) in [4.78, 5) is 1.07. The van der Waals surface area contributed by atoms with Crippen molar-refractivity contribution in [1.29, 1.82) is 0 Å². The van der Waals surface area contributed by atoms with Gasteiger partial charge >= 0.3 is 0 Å². The minimum atomic E-state index is 0.741. The Bertz CT molecular complexity index is 299. The number of para-hydroxylation sites is 1. The van der Waals surface area contributed by atoms with E-state index in [9.17, 15) is 0 Å². The number of rotatable bonds is 4. The number of thioether (sulfide) groups is 1. The molecular weight excluding hydrogens is 182 g/mol. The molecule has 0 fully saturated rings. The van der Waals surface area contributed by atoms with Gasteiger partial charge in [-0.25, -0.2) is 0 Å². The van der Waals surface area contributed by atoms with E-state index in [1.807, 2.05) is 24.3 Å². The summed E-state index contributed by atoms with van der Waals surface area (Å²) in [7, 11) is 1.62. The van der Waals surface area contributed by atoms with Gasteiger partial charge in [0.15, 0.2) is 0 Å². The van der Waals surface area contributed by atoms with E-state index in [0.717, 1.165) is 22.1 Å². The van der Waals surface area contributed by atoms with Crippen LogP contribution in [0.25, 0.3) is 0 Å². The molecule has 2 N–H and O–H groups in total. The molecule has 0 bridgehead atoms. The first kappa shape index (κ1) is 9.99. The van der Waals surface area contributed by atoms with Crippen molar-refractivity contribution in [3.63, 3.8) is 0 Å². The molecular formula is C10H13NOS. The van der Waals surface area contributed by atoms with E-state index < -0.39 is 0 Å². The van der Waals surface area contributed by atoms with E-state index in [1.54, 1.807) is 18.9 Å². The second kappa shape index (κ2) is 4.82. The molecule has 0 radical (unpaired) electrons. The summed E-state index contributed by atoms with van der Waals surface area (Å²) in [5.41, 5.74) is 6.56. The first-order chi connectivity index (χ1) is 6.24. The van der Waals surface area contributed by atoms with E-state index in [1.165, 1.54) is 0 Å². The lowest BCUT2D eigenvalue weighted by Crippen LogP contribution is -1.91. The number of methoxy groups -OCH3 is 1. The minimum Gasteiger partial charge on any atom is -0.501 e. The molecule has 0 heterocycles. The van der Waals surface area contributed by atoms with Crippen LogP contribution >= 0.6 is 11.8 Å². The normalized spacial score (nSPS) is 9.62. The Kier molecular flexibility index (Phi) is 3.71. The van der Waals surface area contributed by atoms with E-state index in [2.05, 4.69) is 6.58 Å². The lowest BCUT2D eigenvalue weighted by atomic mass is 10.3. The maximum atomic E-state index is 5.76. The van der Waals surface area contributed by atoms with E-state index in [4.69, 9.17) is 10.5 Å². The zero-order valence-electron chi connectivity index (χ0n) is 7.62. The number of benzene rings is 1. The molecule has 70 valence electrons. The van der Waals surface area contributed by atoms with Crippen LogP contribution < -0.4 is 5.73 Å². The first-order valence-corrected chi connectivity index (χ1v) is 4.91. The molecule has 0 atom stereocenters. The number of nitrogens with two attached hydrogens (primary N) is 1. The van der Waals surface area contributed by atoms with Crippen LogP contribution in [0.4, 0.5) is 5.69 Å². The van der Waals surface area contributed by atoms with Gasteiger partial charge in [0.05, 0.1) is 18.6 Å². The molecule has 1 aromatic rings. The van der Waals surface area contributed by atoms with E-state index in [0.29, 0.717) is 0 Å². The van der Waals surface area contributed by atoms with Crippen LogP contribution in [0.2, 0.25) is 0 Å². The number of anilines is 1. The third-order valence-corrected chi connectivity index (χ3v) is 2.75. The van der Waals surface area contributed by atoms with Crippen molar-refractivity contribution < 1.29 is 4.74 Å². The molecule has 0 aromatic heterocycles. The predicted octanol–water partition coefficient (Wildman–Crippen LogP) is 2.52. The standard InChI is InChI=1S/C10H13NOS/c1-8(12-2)7-13-10-6-4-3-5-9(10)11/h3-6H,1,7,11H2,2H3. The van der Waals surface area contributed by atoms with Gasteiger partial charge in [-0.3, -0.25) is 0 Å². The van der Waals surface area contributed by atoms with Gasteiger partial charge in [0.1, 0.15) is 0 Å². The molecule has 0 aliphatic heterocycles. The monoisotopic (exact) mass is 195 g/mol. The number of hydrogen-bond acceptors (Lipinski definition) is 3. The minimum absolute atomic E-state index is 0.741. The van der Waals surface area contributed by atoms with Crippen LogP contribution in [-0.4, -0.2) is 12.9 Å². The molecule has 0 unspecified atom stereocenters. The average Bonchev–Trinajstić information content (AvgIpc) is 2.16. The Morgan fingerprint density at radius 2 is 2.23 bits per heavy atom. The second-order valence-electron chi connectivity index (χ2n) is 2.57. The highest BCUT2D eigenvalue weighted by molar-refractivity contribution is 7.99. The third-order valence-electron chi connectivity index (χ3n) is 1.60. The molecule has 1 aromatic carbocycles. The van der Waals surface area contributed by atoms with Crippen LogP contribution in [0, 0.1) is 0 Å². The van der Waals surface area contributed by atoms with Crippen molar-refractivity contribution in [3.05, 3.63) is 36.6 Å². The Labute approximate surface area is 82.8 Å². The molecule has 0 aliphatic carbocycles. The van der Waals surface area contributed by atoms with Gasteiger partial charge in [-0.05, 0) is 12.1 Å². The Morgan fingerprint density at radius 3 is 2.85 bits per heavy atom. The number of nitrogen functional groups attached to an aromatic ring is 1. The molecule has 0 saturated heterocycles. The molecule has 13 heavy (non-hydrogen) atoms. The smallest absolute Gasteiger partial charge is 0.0986 e. The van der Waals surface area contributed by atoms with Gasteiger partial charge in [-0.2, -0.15) is 0 Å². The predicted molar refractivity (Wildman–Crippen MR) is 57.7 cm³/mol. The van der Waals surface area contributed by atoms with Gasteiger partial charge in [-0.1, -0.05) is 18.7 Å². The maximum absolute atomic E-state index is 5.76. The number of hydrogen-bond donors (Lipinski definition) is 1. The highest BCUT2D eigenvalue weighted by Gasteiger charge is 1.99. The summed E-state index contributed by atoms with van der Waals surface area (Å²) in [6, 6.07) is 7.76. The van der Waals surface area contributed by atoms with Crippen molar-refractivity contribution in [1.82, 2.24) is 0 Å². The summed E-state index contributed by atoms with van der Waals surface area (Å²) in [5, 5.41) is 0. The molecule has 0 aliphatic rings. The summed E-state index contributed by atoms with van der Waals surface area (Å²) in [5.74, 6) is 1.50. The molecule has 1 rings (SSSR count). The van der Waals surface area contributed by atoms with Crippen molar-refractivity contribution in [2.24, 2.45) is 0 Å². The lowest BCUT2D eigenvalue weighted by Gasteiger charge is -2.05. The zero-order valence-corrected chi connectivity index (χ0v) is 8.43. The lowest BCUT2D eigenvalue weighted by molar-refractivity contribution is 0.298. The second-order valence-corrected chi connectivity index (χ2v) is 3.59. The van der Waals surface area contributed by atoms with Crippen LogP contribution in [0.1, 0.15) is 0 Å². The van der Waals surface area contributed by atoms with Crippen LogP contribution in [0.5, 0.6) is 0 Å². The van der Waals surface area contributed by atoms with Crippen LogP contribution in [-0.2, 0) is 4.74 Å². The van der Waals surface area contributed by atoms with Gasteiger partial charge in [-0.15, -0.1) is 11.8 Å². The average molecular weight is 195 g/mol. The van der Waals surface area contributed by atoms with E-state index >= 15 is 0 Å². The Hall–Kier alpha value is -1.09. The molecule has 0 saturated carbocycles. The topological polar surface area (TPSA) is 35.2 Å². The summed E-state index contributed by atoms with van der Waals surface area (Å²) in [6.45, 7) is 3.73. The quantitative estimate of drug-likeness (QED) is 0.455. The fraction of sp³-hybridized carbons (Fsp3) is 0.200. The van der Waals surface area contributed by atoms with Crippen molar-refractivity contribution in [2.75, 3.05) is 18.6 Å². The Balaban J connectivity index is 2.54. The van der Waals surface area contributed by atoms with Gasteiger partial charge in [0.25, 0.3) is 0 Å². The van der Waals surface area contributed by atoms with Gasteiger partial charge in [0, 0.05) is 10.6 Å². The SMILES string of the molecule is C=C(CSc1ccccc1N)OC. The number of ether oxygens (including phenoxy) is 1. The third kappa shape index (κ3) is 3.03. The molecule has 0 amide bonds. The summed E-state index contributed by atoms with van der Waals surface area (Å²) in [6.07, 6.45) is 0. The largest absolute Gasteiger partial charge is 0.501 e. The van der Waals surface area contributed by atoms with Gasteiger partial charge in [0.2, 0.25) is 0 Å². The summed E-state index contributed by atoms with van der Waals surface area (Å²) < 4.78 is 4.96. The maximum Gasteiger partial charge on any atom is 0.0986 e. The molecule has 3 heteroatoms. The first-order valence-electron chi connectivity index (χ1n) is 3.93. The highest BCUT2D eigenvalue weighted by Crippen LogP contribution is 2.25. The highest BCUT2D eigenvalue weighted by atomic mass is 32.2. The molecule has 0 spiro atoms. The van der Waals surface area contributed by atoms with Gasteiger partial charge < -0.3 is 10.5 Å².